The van der Waals surface area contributed by atoms with E-state index in [9.17, 15) is 19.7 Å². The summed E-state index contributed by atoms with van der Waals surface area (Å²) >= 11 is 1.67. The summed E-state index contributed by atoms with van der Waals surface area (Å²) in [6.45, 7) is 0. The summed E-state index contributed by atoms with van der Waals surface area (Å²) in [7, 11) is 0. The third-order valence-corrected chi connectivity index (χ3v) is 6.91. The number of nitrogens with one attached hydrogen (secondary N) is 2. The van der Waals surface area contributed by atoms with Gasteiger partial charge in [-0.2, -0.15) is 0 Å². The molecule has 1 aliphatic carbocycles. The van der Waals surface area contributed by atoms with E-state index in [1.54, 1.807) is 35.6 Å². The maximum absolute atomic E-state index is 12.8. The van der Waals surface area contributed by atoms with Crippen molar-refractivity contribution >= 4 is 33.9 Å². The minimum Gasteiger partial charge on any atom is -0.423 e. The number of nitrogens with zero attached hydrogens (tertiary/aromatic N) is 1. The molecule has 1 amide bonds. The van der Waals surface area contributed by atoms with Crippen molar-refractivity contribution in [3.63, 3.8) is 0 Å². The van der Waals surface area contributed by atoms with E-state index in [0.29, 0.717) is 5.75 Å². The lowest BCUT2D eigenvalue weighted by molar-refractivity contribution is -0.384. The zero-order valence-corrected chi connectivity index (χ0v) is 17.7. The quantitative estimate of drug-likeness (QED) is 0.260. The minimum absolute atomic E-state index is 0.0585. The molecule has 0 fully saturated rings. The highest BCUT2D eigenvalue weighted by molar-refractivity contribution is 7.16. The lowest BCUT2D eigenvalue weighted by Crippen LogP contribution is -2.38. The normalized spacial score (nSPS) is 16.9. The molecule has 3 aromatic rings. The molecular formula is C23H19N3O5S. The number of hydrogen-bond acceptors (Lipinski definition) is 7. The number of benzene rings is 2. The molecule has 2 aliphatic rings. The Balaban J connectivity index is 1.28. The summed E-state index contributed by atoms with van der Waals surface area (Å²) in [4.78, 5) is 36.6. The first-order valence-electron chi connectivity index (χ1n) is 10.3. The Morgan fingerprint density at radius 2 is 1.75 bits per heavy atom. The number of amides is 1. The monoisotopic (exact) mass is 449 g/mol. The van der Waals surface area contributed by atoms with E-state index >= 15 is 0 Å². The van der Waals surface area contributed by atoms with E-state index in [1.807, 2.05) is 0 Å². The number of esters is 1. The standard InChI is InChI=1S/C23H19N3O5S/c27-21-19-17-3-1-2-4-18(17)32-22(19)25-20(24-21)13-7-11-16(12-8-13)31-23(28)14-5-9-15(10-6-14)26(29)30/h5-12,20,25H,1-4H2,(H,24,27). The van der Waals surface area contributed by atoms with E-state index in [4.69, 9.17) is 4.74 Å². The number of rotatable bonds is 4. The van der Waals surface area contributed by atoms with Crippen molar-refractivity contribution in [1.29, 1.82) is 0 Å². The van der Waals surface area contributed by atoms with Crippen molar-refractivity contribution in [2.75, 3.05) is 5.32 Å². The Hall–Kier alpha value is -3.72. The van der Waals surface area contributed by atoms with E-state index < -0.39 is 10.9 Å². The van der Waals surface area contributed by atoms with Gasteiger partial charge in [-0.3, -0.25) is 14.9 Å². The molecule has 2 aromatic carbocycles. The molecule has 0 bridgehead atoms. The molecule has 1 aliphatic heterocycles. The average molecular weight is 449 g/mol. The first kappa shape index (κ1) is 20.2. The number of aryl methyl sites for hydroxylation is 1. The van der Waals surface area contributed by atoms with Crippen LogP contribution in [0.3, 0.4) is 0 Å². The highest BCUT2D eigenvalue weighted by atomic mass is 32.1. The van der Waals surface area contributed by atoms with Gasteiger partial charge in [-0.1, -0.05) is 12.1 Å². The Morgan fingerprint density at radius 1 is 1.03 bits per heavy atom. The van der Waals surface area contributed by atoms with Gasteiger partial charge in [0.15, 0.2) is 0 Å². The second-order valence-electron chi connectivity index (χ2n) is 7.73. The van der Waals surface area contributed by atoms with E-state index in [1.165, 1.54) is 34.7 Å². The Labute approximate surface area is 187 Å². The Kier molecular flexibility index (Phi) is 5.10. The number of thiophene rings is 1. The molecule has 1 unspecified atom stereocenters. The van der Waals surface area contributed by atoms with Crippen molar-refractivity contribution in [1.82, 2.24) is 5.32 Å². The van der Waals surface area contributed by atoms with Crippen LogP contribution in [-0.4, -0.2) is 16.8 Å². The lowest BCUT2D eigenvalue weighted by Gasteiger charge is -2.27. The van der Waals surface area contributed by atoms with Gasteiger partial charge in [0, 0.05) is 17.0 Å². The molecule has 162 valence electrons. The molecule has 0 saturated heterocycles. The first-order chi connectivity index (χ1) is 15.5. The van der Waals surface area contributed by atoms with Gasteiger partial charge >= 0.3 is 5.97 Å². The SMILES string of the molecule is O=C(Oc1ccc(C2NC(=O)c3c(sc4c3CCCC4)N2)cc1)c1ccc([N+](=O)[O-])cc1. The van der Waals surface area contributed by atoms with Crippen LogP contribution in [0.1, 0.15) is 55.7 Å². The van der Waals surface area contributed by atoms with Crippen molar-refractivity contribution in [2.24, 2.45) is 0 Å². The van der Waals surface area contributed by atoms with Gasteiger partial charge in [0.1, 0.15) is 16.9 Å². The van der Waals surface area contributed by atoms with Gasteiger partial charge in [-0.05, 0) is 61.1 Å². The zero-order chi connectivity index (χ0) is 22.2. The van der Waals surface area contributed by atoms with E-state index in [2.05, 4.69) is 10.6 Å². The summed E-state index contributed by atoms with van der Waals surface area (Å²) in [5.74, 6) is -0.325. The van der Waals surface area contributed by atoms with Gasteiger partial charge in [0.2, 0.25) is 0 Å². The fraction of sp³-hybridized carbons (Fsp3) is 0.217. The van der Waals surface area contributed by atoms with Gasteiger partial charge in [0.05, 0.1) is 16.1 Å². The van der Waals surface area contributed by atoms with Gasteiger partial charge in [-0.25, -0.2) is 4.79 Å². The van der Waals surface area contributed by atoms with E-state index in [-0.39, 0.29) is 23.3 Å². The number of fused-ring (bicyclic) bond motifs is 3. The summed E-state index contributed by atoms with van der Waals surface area (Å²) in [5, 5.41) is 18.1. The van der Waals surface area contributed by atoms with Gasteiger partial charge < -0.3 is 15.4 Å². The maximum Gasteiger partial charge on any atom is 0.343 e. The van der Waals surface area contributed by atoms with Crippen molar-refractivity contribution in [3.05, 3.63) is 85.8 Å². The lowest BCUT2D eigenvalue weighted by atomic mass is 9.94. The molecule has 0 radical (unpaired) electrons. The molecule has 0 spiro atoms. The predicted octanol–water partition coefficient (Wildman–Crippen LogP) is 4.61. The topological polar surface area (TPSA) is 111 Å². The van der Waals surface area contributed by atoms with Gasteiger partial charge in [-0.15, -0.1) is 11.3 Å². The van der Waals surface area contributed by atoms with Crippen LogP contribution in [0.4, 0.5) is 10.7 Å². The number of carbonyl (C=O) groups is 2. The second kappa shape index (κ2) is 8.08. The van der Waals surface area contributed by atoms with Crippen LogP contribution in [-0.2, 0) is 12.8 Å². The first-order valence-corrected chi connectivity index (χ1v) is 11.1. The van der Waals surface area contributed by atoms with Crippen LogP contribution < -0.4 is 15.4 Å². The molecular weight excluding hydrogens is 430 g/mol. The van der Waals surface area contributed by atoms with Crippen molar-refractivity contribution < 1.29 is 19.2 Å². The summed E-state index contributed by atoms with van der Waals surface area (Å²) in [6.07, 6.45) is 3.90. The zero-order valence-electron chi connectivity index (χ0n) is 16.9. The maximum atomic E-state index is 12.8. The number of nitro benzene ring substituents is 1. The second-order valence-corrected chi connectivity index (χ2v) is 8.83. The fourth-order valence-electron chi connectivity index (χ4n) is 4.06. The number of carbonyl (C=O) groups excluding carboxylic acids is 2. The molecule has 9 heteroatoms. The molecule has 8 nitrogen and oxygen atoms in total. The molecule has 0 saturated carbocycles. The van der Waals surface area contributed by atoms with Crippen molar-refractivity contribution in [2.45, 2.75) is 31.8 Å². The van der Waals surface area contributed by atoms with E-state index in [0.717, 1.165) is 41.8 Å². The Morgan fingerprint density at radius 3 is 2.47 bits per heavy atom. The average Bonchev–Trinajstić information content (AvgIpc) is 3.18. The third kappa shape index (κ3) is 3.71. The van der Waals surface area contributed by atoms with Crippen LogP contribution in [0.2, 0.25) is 0 Å². The third-order valence-electron chi connectivity index (χ3n) is 5.69. The predicted molar refractivity (Wildman–Crippen MR) is 119 cm³/mol. The van der Waals surface area contributed by atoms with Crippen LogP contribution in [0.5, 0.6) is 5.75 Å². The number of anilines is 1. The number of ether oxygens (including phenoxy) is 1. The molecule has 1 aromatic heterocycles. The number of nitro groups is 1. The summed E-state index contributed by atoms with van der Waals surface area (Å²) in [5.41, 5.74) is 2.94. The minimum atomic E-state index is -0.606. The molecule has 2 heterocycles. The highest BCUT2D eigenvalue weighted by Crippen LogP contribution is 2.41. The van der Waals surface area contributed by atoms with Crippen LogP contribution in [0.25, 0.3) is 0 Å². The smallest absolute Gasteiger partial charge is 0.343 e. The van der Waals surface area contributed by atoms with Crippen molar-refractivity contribution in [3.8, 4) is 5.75 Å². The molecule has 5 rings (SSSR count). The largest absolute Gasteiger partial charge is 0.423 e. The number of hydrogen-bond donors (Lipinski definition) is 2. The summed E-state index contributed by atoms with van der Waals surface area (Å²) < 4.78 is 5.36. The number of non-ortho nitro benzene ring substituents is 1. The van der Waals surface area contributed by atoms with Crippen LogP contribution in [0.15, 0.2) is 48.5 Å². The Bertz CT molecular complexity index is 1220. The fourth-order valence-corrected chi connectivity index (χ4v) is 5.37. The van der Waals surface area contributed by atoms with Gasteiger partial charge in [0.25, 0.3) is 11.6 Å². The molecule has 32 heavy (non-hydrogen) atoms. The van der Waals surface area contributed by atoms with Crippen LogP contribution >= 0.6 is 11.3 Å². The molecule has 1 atom stereocenters. The molecule has 2 N–H and O–H groups in total. The highest BCUT2D eigenvalue weighted by Gasteiger charge is 2.31. The van der Waals surface area contributed by atoms with Crippen LogP contribution in [0, 0.1) is 10.1 Å². The summed E-state index contributed by atoms with van der Waals surface area (Å²) in [6, 6.07) is 12.1.